The molecule has 5 heavy (non-hydrogen) atoms. The Kier molecular flexibility index (Phi) is 335. The summed E-state index contributed by atoms with van der Waals surface area (Å²) in [5.41, 5.74) is 0. The van der Waals surface area contributed by atoms with Gasteiger partial charge in [0, 0.05) is 33.6 Å². The standard InChI is InChI=1S/Cu.Mg.Ni.H2P.H3Si/h;;;1H2;1H3/q;+2;;2*-1. The van der Waals surface area contributed by atoms with Crippen LogP contribution in [0, 0.1) is 0 Å². The molecule has 0 fully saturated rings. The molecule has 0 spiro atoms. The van der Waals surface area contributed by atoms with Crippen LogP contribution in [-0.2, 0) is 33.6 Å². The van der Waals surface area contributed by atoms with E-state index in [0.717, 1.165) is 0 Å². The maximum atomic E-state index is 0. The molecule has 0 bridgehead atoms. The van der Waals surface area contributed by atoms with Gasteiger partial charge in [0.15, 0.2) is 0 Å². The predicted molar refractivity (Wildman–Crippen MR) is 25.4 cm³/mol. The molecule has 0 aromatic rings. The van der Waals surface area contributed by atoms with Crippen molar-refractivity contribution in [2.24, 2.45) is 0 Å². The quantitative estimate of drug-likeness (QED) is 0.347. The molecule has 37 valence electrons. The average Bonchev–Trinajstić information content (AvgIpc) is 0. The van der Waals surface area contributed by atoms with Crippen LogP contribution in [0.1, 0.15) is 0 Å². The third kappa shape index (κ3) is 21.4. The molecular formula is H5CuMgNiPSi. The molecule has 1 radical (unpaired) electrons. The van der Waals surface area contributed by atoms with Gasteiger partial charge in [-0.1, -0.05) is 0 Å². The summed E-state index contributed by atoms with van der Waals surface area (Å²) in [6, 6.07) is 0. The smallest absolute Gasteiger partial charge is 0.577 e. The molecule has 0 amide bonds. The van der Waals surface area contributed by atoms with Gasteiger partial charge in [-0.15, -0.1) is 0 Å². The zero-order chi connectivity index (χ0) is 0. The van der Waals surface area contributed by atoms with Crippen LogP contribution in [0.2, 0.25) is 0 Å². The van der Waals surface area contributed by atoms with E-state index in [4.69, 9.17) is 0 Å². The molecule has 0 saturated carbocycles. The second-order valence-corrected chi connectivity index (χ2v) is 0. The second kappa shape index (κ2) is 32.1. The third-order valence-electron chi connectivity index (χ3n) is 0. The van der Waals surface area contributed by atoms with E-state index in [-0.39, 0.29) is 77.5 Å². The Morgan fingerprint density at radius 2 is 1.00 bits per heavy atom. The van der Waals surface area contributed by atoms with Gasteiger partial charge in [0.05, 0.1) is 0 Å². The van der Waals surface area contributed by atoms with E-state index in [1.807, 2.05) is 0 Å². The van der Waals surface area contributed by atoms with E-state index in [1.165, 1.54) is 0 Å². The van der Waals surface area contributed by atoms with Crippen LogP contribution in [-0.4, -0.2) is 34.0 Å². The minimum atomic E-state index is 0. The first-order valence-electron chi connectivity index (χ1n) is 0. The zero-order valence-electron chi connectivity index (χ0n) is 2.90. The Bertz CT molecular complexity index is 11.6. The molecule has 0 N–H and O–H groups in total. The normalized spacial score (nSPS) is 0. The summed E-state index contributed by atoms with van der Waals surface area (Å²) in [5, 5.41) is 0. The molecule has 0 unspecified atom stereocenters. The van der Waals surface area contributed by atoms with Crippen molar-refractivity contribution in [1.82, 2.24) is 0 Å². The first-order valence-corrected chi connectivity index (χ1v) is 0. The fourth-order valence-electron chi connectivity index (χ4n) is 0. The van der Waals surface area contributed by atoms with Crippen LogP contribution in [0.5, 0.6) is 0 Å². The van der Waals surface area contributed by atoms with Crippen molar-refractivity contribution in [3.63, 3.8) is 0 Å². The molecule has 0 aromatic heterocycles. The Morgan fingerprint density at radius 3 is 1.00 bits per heavy atom. The molecule has 0 aromatic carbocycles. The molecule has 0 heterocycles. The van der Waals surface area contributed by atoms with Crippen LogP contribution < -0.4 is 0 Å². The summed E-state index contributed by atoms with van der Waals surface area (Å²) in [5.74, 6) is 0. The zero-order valence-corrected chi connectivity index (χ0v) is 9.40. The molecule has 0 aliphatic heterocycles. The topological polar surface area (TPSA) is 0 Å². The Morgan fingerprint density at radius 1 is 1.00 bits per heavy atom. The number of rotatable bonds is 0. The number of hydrogen-bond donors (Lipinski definition) is 0. The molecule has 0 atom stereocenters. The van der Waals surface area contributed by atoms with Gasteiger partial charge in [0.2, 0.25) is 0 Å². The molecule has 5 heteroatoms. The van der Waals surface area contributed by atoms with Gasteiger partial charge in [0.1, 0.15) is 0 Å². The van der Waals surface area contributed by atoms with Crippen molar-refractivity contribution in [3.05, 3.63) is 0 Å². The average molecular weight is 211 g/mol. The van der Waals surface area contributed by atoms with Crippen molar-refractivity contribution in [1.29, 1.82) is 0 Å². The first kappa shape index (κ1) is 52.1. The summed E-state index contributed by atoms with van der Waals surface area (Å²) in [6.45, 7) is 0. The molecule has 0 aliphatic rings. The van der Waals surface area contributed by atoms with Gasteiger partial charge in [-0.25, -0.2) is 0 Å². The van der Waals surface area contributed by atoms with Crippen LogP contribution in [0.3, 0.4) is 0 Å². The predicted octanol–water partition coefficient (Wildman–Crippen LogP) is -1.24. The summed E-state index contributed by atoms with van der Waals surface area (Å²) in [4.78, 5) is 0. The van der Waals surface area contributed by atoms with Gasteiger partial charge in [-0.05, 0) is 0 Å². The van der Waals surface area contributed by atoms with E-state index < -0.39 is 0 Å². The van der Waals surface area contributed by atoms with Gasteiger partial charge in [-0.2, -0.15) is 0 Å². The van der Waals surface area contributed by atoms with Gasteiger partial charge in [-0.3, -0.25) is 0 Å². The first-order chi connectivity index (χ1) is 0. The fourth-order valence-corrected chi connectivity index (χ4v) is 0. The van der Waals surface area contributed by atoms with Crippen LogP contribution in [0.4, 0.5) is 0 Å². The maximum Gasteiger partial charge on any atom is 2.00 e. The molecule has 0 aliphatic carbocycles. The minimum Gasteiger partial charge on any atom is -0.577 e. The summed E-state index contributed by atoms with van der Waals surface area (Å²) >= 11 is 0. The van der Waals surface area contributed by atoms with Crippen molar-refractivity contribution < 1.29 is 33.6 Å². The van der Waals surface area contributed by atoms with E-state index in [9.17, 15) is 0 Å². The van der Waals surface area contributed by atoms with Gasteiger partial charge >= 0.3 is 23.1 Å². The molecule has 0 rings (SSSR count). The van der Waals surface area contributed by atoms with E-state index in [2.05, 4.69) is 0 Å². The Labute approximate surface area is 76.8 Å². The summed E-state index contributed by atoms with van der Waals surface area (Å²) in [6.07, 6.45) is 0. The molecule has 0 nitrogen and oxygen atoms in total. The largest absolute Gasteiger partial charge is 2.00 e. The van der Waals surface area contributed by atoms with Gasteiger partial charge in [0.25, 0.3) is 0 Å². The molecular weight excluding hydrogens is 206 g/mol. The van der Waals surface area contributed by atoms with Gasteiger partial charge < -0.3 is 20.9 Å². The molecule has 0 saturated heterocycles. The summed E-state index contributed by atoms with van der Waals surface area (Å²) < 4.78 is 0. The third-order valence-corrected chi connectivity index (χ3v) is 0. The van der Waals surface area contributed by atoms with Crippen LogP contribution >= 0.6 is 9.90 Å². The van der Waals surface area contributed by atoms with E-state index in [0.29, 0.717) is 0 Å². The Balaban J connectivity index is 0. The fraction of sp³-hybridized carbons (Fsp3) is 0. The maximum absolute atomic E-state index is 0. The summed E-state index contributed by atoms with van der Waals surface area (Å²) in [7, 11) is 0. The van der Waals surface area contributed by atoms with Crippen LogP contribution in [0.15, 0.2) is 0 Å². The minimum absolute atomic E-state index is 0. The van der Waals surface area contributed by atoms with E-state index in [1.54, 1.807) is 0 Å². The second-order valence-electron chi connectivity index (χ2n) is 0. The van der Waals surface area contributed by atoms with Crippen molar-refractivity contribution >= 4 is 43.9 Å². The monoisotopic (exact) mass is 209 g/mol. The SMILES string of the molecule is [Cu].[Mg+2].[Ni].[PH2-].[SiH3-]. The van der Waals surface area contributed by atoms with Crippen molar-refractivity contribution in [3.8, 4) is 0 Å². The van der Waals surface area contributed by atoms with E-state index >= 15 is 0 Å². The van der Waals surface area contributed by atoms with Crippen molar-refractivity contribution in [2.45, 2.75) is 0 Å². The number of hydrogen-bond acceptors (Lipinski definition) is 0. The van der Waals surface area contributed by atoms with Crippen LogP contribution in [0.25, 0.3) is 0 Å². The Hall–Kier alpha value is 2.43. The van der Waals surface area contributed by atoms with Crippen molar-refractivity contribution in [2.75, 3.05) is 0 Å².